The Morgan fingerprint density at radius 2 is 1.74 bits per heavy atom. The number of hydrogen-bond donors (Lipinski definition) is 0. The molecule has 2 nitrogen and oxygen atoms in total. The Bertz CT molecular complexity index is 453. The summed E-state index contributed by atoms with van der Waals surface area (Å²) in [6.07, 6.45) is 3.21. The molecule has 19 heavy (non-hydrogen) atoms. The third-order valence-corrected chi connectivity index (χ3v) is 3.68. The lowest BCUT2D eigenvalue weighted by Crippen LogP contribution is -2.42. The summed E-state index contributed by atoms with van der Waals surface area (Å²) in [6.45, 7) is 8.16. The number of carbonyl (C=O) groups excluding carboxylic acids is 1. The van der Waals surface area contributed by atoms with Crippen LogP contribution in [-0.4, -0.2) is 23.9 Å². The second-order valence-electron chi connectivity index (χ2n) is 5.89. The van der Waals surface area contributed by atoms with E-state index in [2.05, 4.69) is 13.8 Å². The molecule has 2 rings (SSSR count). The summed E-state index contributed by atoms with van der Waals surface area (Å²) in [6, 6.07) is 10.0. The number of nitrogens with zero attached hydrogens (tertiary/aromatic N) is 1. The molecule has 0 radical (unpaired) electrons. The minimum Gasteiger partial charge on any atom is -0.338 e. The van der Waals surface area contributed by atoms with Gasteiger partial charge in [0.15, 0.2) is 0 Å². The zero-order valence-electron chi connectivity index (χ0n) is 12.1. The third-order valence-electron chi connectivity index (χ3n) is 3.68. The number of carbonyl (C=O) groups is 1. The van der Waals surface area contributed by atoms with Gasteiger partial charge in [-0.15, -0.1) is 0 Å². The molecule has 0 aromatic heterocycles. The molecule has 1 aliphatic rings. The maximum atomic E-state index is 12.5. The monoisotopic (exact) mass is 257 g/mol. The molecular formula is C17H23NO. The van der Waals surface area contributed by atoms with E-state index >= 15 is 0 Å². The molecule has 1 fully saturated rings. The zero-order chi connectivity index (χ0) is 13.8. The Morgan fingerprint density at radius 1 is 1.16 bits per heavy atom. The fraction of sp³-hybridized carbons (Fsp3) is 0.471. The molecule has 0 saturated carbocycles. The number of amides is 1. The van der Waals surface area contributed by atoms with E-state index in [4.69, 9.17) is 0 Å². The first kappa shape index (κ1) is 13.9. The Morgan fingerprint density at radius 3 is 2.32 bits per heavy atom. The van der Waals surface area contributed by atoms with Gasteiger partial charge in [0.05, 0.1) is 0 Å². The van der Waals surface area contributed by atoms with Crippen LogP contribution in [0, 0.1) is 11.8 Å². The summed E-state index contributed by atoms with van der Waals surface area (Å²) in [5.74, 6) is 1.40. The third kappa shape index (κ3) is 3.69. The highest BCUT2D eigenvalue weighted by molar-refractivity contribution is 5.97. The zero-order valence-corrected chi connectivity index (χ0v) is 12.1. The fourth-order valence-electron chi connectivity index (χ4n) is 2.94. The molecule has 0 unspecified atom stereocenters. The van der Waals surface area contributed by atoms with Gasteiger partial charge in [-0.05, 0) is 36.8 Å². The molecule has 0 N–H and O–H groups in total. The molecule has 2 atom stereocenters. The van der Waals surface area contributed by atoms with Gasteiger partial charge in [-0.2, -0.15) is 0 Å². The summed E-state index contributed by atoms with van der Waals surface area (Å²) in [4.78, 5) is 14.5. The van der Waals surface area contributed by atoms with Gasteiger partial charge in [-0.3, -0.25) is 4.79 Å². The predicted octanol–water partition coefficient (Wildman–Crippen LogP) is 3.59. The van der Waals surface area contributed by atoms with Gasteiger partial charge in [0, 0.05) is 18.7 Å². The topological polar surface area (TPSA) is 20.3 Å². The lowest BCUT2D eigenvalue weighted by Gasteiger charge is -2.35. The quantitative estimate of drug-likeness (QED) is 0.741. The first-order valence-corrected chi connectivity index (χ1v) is 7.09. The molecule has 102 valence electrons. The van der Waals surface area contributed by atoms with E-state index in [0.717, 1.165) is 24.2 Å². The smallest absolute Gasteiger partial charge is 0.249 e. The van der Waals surface area contributed by atoms with Crippen LogP contribution in [-0.2, 0) is 4.79 Å². The van der Waals surface area contributed by atoms with Crippen molar-refractivity contribution in [2.75, 3.05) is 13.1 Å². The maximum Gasteiger partial charge on any atom is 0.249 e. The van der Waals surface area contributed by atoms with Gasteiger partial charge in [0.2, 0.25) is 5.91 Å². The van der Waals surface area contributed by atoms with Gasteiger partial charge < -0.3 is 4.90 Å². The number of benzene rings is 1. The van der Waals surface area contributed by atoms with Gasteiger partial charge in [-0.1, -0.05) is 44.2 Å². The van der Waals surface area contributed by atoms with Crippen molar-refractivity contribution >= 4 is 12.0 Å². The minimum atomic E-state index is 0.183. The normalized spacial score (nSPS) is 24.4. The number of hydrogen-bond acceptors (Lipinski definition) is 1. The van der Waals surface area contributed by atoms with E-state index in [1.165, 1.54) is 6.42 Å². The van der Waals surface area contributed by atoms with Crippen molar-refractivity contribution in [3.8, 4) is 0 Å². The highest BCUT2D eigenvalue weighted by Gasteiger charge is 2.25. The standard InChI is InChI=1S/C17H23NO/c1-13-9-14(2)12-18(11-13)17(19)15(3)10-16-7-5-4-6-8-16/h4-8,10,13-14H,9,11-12H2,1-3H3/b15-10+/t13-,14-/m1/s1. The average molecular weight is 257 g/mol. The van der Waals surface area contributed by atoms with Gasteiger partial charge in [0.25, 0.3) is 0 Å². The fourth-order valence-corrected chi connectivity index (χ4v) is 2.94. The van der Waals surface area contributed by atoms with Crippen LogP contribution in [0.4, 0.5) is 0 Å². The average Bonchev–Trinajstić information content (AvgIpc) is 2.37. The second kappa shape index (κ2) is 6.05. The maximum absolute atomic E-state index is 12.5. The van der Waals surface area contributed by atoms with Crippen LogP contribution in [0.1, 0.15) is 32.8 Å². The SMILES string of the molecule is C/C(=C\c1ccccc1)C(=O)N1C[C@H](C)C[C@@H](C)C1. The molecule has 0 bridgehead atoms. The molecule has 1 aromatic carbocycles. The Kier molecular flexibility index (Phi) is 4.41. The van der Waals surface area contributed by atoms with E-state index < -0.39 is 0 Å². The van der Waals surface area contributed by atoms with E-state index in [0.29, 0.717) is 11.8 Å². The Hall–Kier alpha value is -1.57. The van der Waals surface area contributed by atoms with E-state index in [1.807, 2.05) is 48.2 Å². The minimum absolute atomic E-state index is 0.183. The van der Waals surface area contributed by atoms with Crippen LogP contribution < -0.4 is 0 Å². The van der Waals surface area contributed by atoms with Crippen LogP contribution in [0.3, 0.4) is 0 Å². The van der Waals surface area contributed by atoms with Gasteiger partial charge >= 0.3 is 0 Å². The van der Waals surface area contributed by atoms with Crippen LogP contribution in [0.5, 0.6) is 0 Å². The lowest BCUT2D eigenvalue weighted by atomic mass is 9.91. The van der Waals surface area contributed by atoms with E-state index in [1.54, 1.807) is 0 Å². The van der Waals surface area contributed by atoms with Crippen molar-refractivity contribution < 1.29 is 4.79 Å². The van der Waals surface area contributed by atoms with Crippen molar-refractivity contribution in [1.82, 2.24) is 4.90 Å². The molecule has 2 heteroatoms. The molecule has 1 aliphatic heterocycles. The first-order chi connectivity index (χ1) is 9.06. The Balaban J connectivity index is 2.09. The highest BCUT2D eigenvalue weighted by atomic mass is 16.2. The van der Waals surface area contributed by atoms with Gasteiger partial charge in [0.1, 0.15) is 0 Å². The molecule has 1 amide bonds. The molecule has 1 heterocycles. The van der Waals surface area contributed by atoms with Gasteiger partial charge in [-0.25, -0.2) is 0 Å². The lowest BCUT2D eigenvalue weighted by molar-refractivity contribution is -0.129. The first-order valence-electron chi connectivity index (χ1n) is 7.09. The number of rotatable bonds is 2. The van der Waals surface area contributed by atoms with Crippen LogP contribution >= 0.6 is 0 Å². The molecule has 1 aromatic rings. The number of piperidine rings is 1. The van der Waals surface area contributed by atoms with Crippen LogP contribution in [0.15, 0.2) is 35.9 Å². The predicted molar refractivity (Wildman–Crippen MR) is 79.6 cm³/mol. The summed E-state index contributed by atoms with van der Waals surface area (Å²) in [5.41, 5.74) is 1.92. The molecular weight excluding hydrogens is 234 g/mol. The highest BCUT2D eigenvalue weighted by Crippen LogP contribution is 2.22. The number of likely N-dealkylation sites (tertiary alicyclic amines) is 1. The van der Waals surface area contributed by atoms with E-state index in [9.17, 15) is 4.79 Å². The second-order valence-corrected chi connectivity index (χ2v) is 5.89. The molecule has 1 saturated heterocycles. The van der Waals surface area contributed by atoms with Crippen LogP contribution in [0.25, 0.3) is 6.08 Å². The molecule has 0 aliphatic carbocycles. The van der Waals surface area contributed by atoms with E-state index in [-0.39, 0.29) is 5.91 Å². The van der Waals surface area contributed by atoms with Crippen molar-refractivity contribution in [2.45, 2.75) is 27.2 Å². The van der Waals surface area contributed by atoms with Crippen molar-refractivity contribution in [3.05, 3.63) is 41.5 Å². The van der Waals surface area contributed by atoms with Crippen molar-refractivity contribution in [2.24, 2.45) is 11.8 Å². The Labute approximate surface area is 116 Å². The summed E-state index contributed by atoms with van der Waals surface area (Å²) in [7, 11) is 0. The van der Waals surface area contributed by atoms with Crippen LogP contribution in [0.2, 0.25) is 0 Å². The molecule has 0 spiro atoms. The van der Waals surface area contributed by atoms with Crippen molar-refractivity contribution in [1.29, 1.82) is 0 Å². The summed E-state index contributed by atoms with van der Waals surface area (Å²) < 4.78 is 0. The summed E-state index contributed by atoms with van der Waals surface area (Å²) >= 11 is 0. The summed E-state index contributed by atoms with van der Waals surface area (Å²) in [5, 5.41) is 0. The largest absolute Gasteiger partial charge is 0.338 e. The van der Waals surface area contributed by atoms with Crippen molar-refractivity contribution in [3.63, 3.8) is 0 Å².